The number of aryl methyl sites for hydroxylation is 1. The minimum absolute atomic E-state index is 0.119. The first kappa shape index (κ1) is 15.4. The van der Waals surface area contributed by atoms with Gasteiger partial charge in [0.2, 0.25) is 0 Å². The molecule has 1 amide bonds. The Hall–Kier alpha value is -1.94. The van der Waals surface area contributed by atoms with Crippen molar-refractivity contribution in [2.75, 3.05) is 12.3 Å². The normalized spacial score (nSPS) is 11.9. The monoisotopic (exact) mass is 301 g/mol. The molecule has 21 heavy (non-hydrogen) atoms. The highest BCUT2D eigenvalue weighted by Crippen LogP contribution is 2.04. The third-order valence-electron chi connectivity index (χ3n) is 3.10. The van der Waals surface area contributed by atoms with Gasteiger partial charge in [0.1, 0.15) is 0 Å². The summed E-state index contributed by atoms with van der Waals surface area (Å²) in [5, 5.41) is 2.80. The minimum atomic E-state index is -0.962. The van der Waals surface area contributed by atoms with E-state index in [1.807, 2.05) is 49.4 Å². The SMILES string of the molecule is Cc1ccc(C(=O)NCC[S@@](=O)Cc2ccccc2)cc1. The van der Waals surface area contributed by atoms with Gasteiger partial charge < -0.3 is 5.32 Å². The van der Waals surface area contributed by atoms with Crippen molar-refractivity contribution in [1.82, 2.24) is 5.32 Å². The van der Waals surface area contributed by atoms with Crippen molar-refractivity contribution in [3.63, 3.8) is 0 Å². The third kappa shape index (κ3) is 5.16. The summed E-state index contributed by atoms with van der Waals surface area (Å²) >= 11 is 0. The van der Waals surface area contributed by atoms with Gasteiger partial charge in [-0.25, -0.2) is 0 Å². The first-order valence-electron chi connectivity index (χ1n) is 6.89. The molecule has 0 heterocycles. The lowest BCUT2D eigenvalue weighted by Crippen LogP contribution is -2.27. The molecule has 2 aromatic carbocycles. The van der Waals surface area contributed by atoms with Gasteiger partial charge in [-0.15, -0.1) is 0 Å². The molecule has 110 valence electrons. The molecule has 0 aliphatic carbocycles. The maximum absolute atomic E-state index is 11.9. The minimum Gasteiger partial charge on any atom is -0.351 e. The predicted molar refractivity (Wildman–Crippen MR) is 86.7 cm³/mol. The molecule has 0 saturated heterocycles. The van der Waals surface area contributed by atoms with E-state index in [2.05, 4.69) is 5.32 Å². The quantitative estimate of drug-likeness (QED) is 0.891. The number of amides is 1. The van der Waals surface area contributed by atoms with Gasteiger partial charge in [-0.3, -0.25) is 9.00 Å². The van der Waals surface area contributed by atoms with Crippen molar-refractivity contribution in [2.24, 2.45) is 0 Å². The van der Waals surface area contributed by atoms with Crippen LogP contribution in [0.1, 0.15) is 21.5 Å². The van der Waals surface area contributed by atoms with E-state index in [0.717, 1.165) is 11.1 Å². The van der Waals surface area contributed by atoms with Gasteiger partial charge in [0.05, 0.1) is 0 Å². The molecule has 0 aliphatic rings. The van der Waals surface area contributed by atoms with Crippen molar-refractivity contribution in [2.45, 2.75) is 12.7 Å². The molecule has 3 nitrogen and oxygen atoms in total. The fourth-order valence-electron chi connectivity index (χ4n) is 1.92. The Balaban J connectivity index is 1.75. The predicted octanol–water partition coefficient (Wildman–Crippen LogP) is 2.67. The second-order valence-corrected chi connectivity index (χ2v) is 6.47. The van der Waals surface area contributed by atoms with E-state index in [-0.39, 0.29) is 5.91 Å². The molecule has 2 aromatic rings. The molecule has 2 rings (SSSR count). The average Bonchev–Trinajstić information content (AvgIpc) is 2.49. The van der Waals surface area contributed by atoms with Crippen LogP contribution in [-0.2, 0) is 16.6 Å². The maximum atomic E-state index is 11.9. The Morgan fingerprint density at radius 1 is 1.05 bits per heavy atom. The summed E-state index contributed by atoms with van der Waals surface area (Å²) in [7, 11) is -0.962. The van der Waals surface area contributed by atoms with Crippen LogP contribution in [-0.4, -0.2) is 22.4 Å². The molecule has 0 bridgehead atoms. The van der Waals surface area contributed by atoms with Crippen LogP contribution in [0.3, 0.4) is 0 Å². The van der Waals surface area contributed by atoms with E-state index in [1.165, 1.54) is 0 Å². The highest BCUT2D eigenvalue weighted by Gasteiger charge is 2.06. The molecule has 0 aromatic heterocycles. The van der Waals surface area contributed by atoms with Gasteiger partial charge in [-0.1, -0.05) is 48.0 Å². The number of hydrogen-bond donors (Lipinski definition) is 1. The highest BCUT2D eigenvalue weighted by atomic mass is 32.2. The third-order valence-corrected chi connectivity index (χ3v) is 4.41. The summed E-state index contributed by atoms with van der Waals surface area (Å²) < 4.78 is 11.9. The average molecular weight is 301 g/mol. The number of carbonyl (C=O) groups is 1. The van der Waals surface area contributed by atoms with Crippen molar-refractivity contribution in [3.8, 4) is 0 Å². The van der Waals surface area contributed by atoms with Crippen molar-refractivity contribution in [3.05, 3.63) is 71.3 Å². The first-order chi connectivity index (χ1) is 10.1. The van der Waals surface area contributed by atoms with Gasteiger partial charge >= 0.3 is 0 Å². The van der Waals surface area contributed by atoms with Crippen LogP contribution in [0.2, 0.25) is 0 Å². The van der Waals surface area contributed by atoms with Crippen LogP contribution in [0.15, 0.2) is 54.6 Å². The molecule has 1 atom stereocenters. The highest BCUT2D eigenvalue weighted by molar-refractivity contribution is 7.84. The van der Waals surface area contributed by atoms with Crippen LogP contribution in [0.4, 0.5) is 0 Å². The smallest absolute Gasteiger partial charge is 0.251 e. The van der Waals surface area contributed by atoms with Gasteiger partial charge in [0.25, 0.3) is 5.91 Å². The molecule has 0 fully saturated rings. The molecular weight excluding hydrogens is 282 g/mol. The standard InChI is InChI=1S/C17H19NO2S/c1-14-7-9-16(10-8-14)17(19)18-11-12-21(20)13-15-5-3-2-4-6-15/h2-10H,11-13H2,1H3,(H,18,19)/t21-/m1/s1. The molecule has 4 heteroatoms. The second-order valence-electron chi connectivity index (χ2n) is 4.90. The lowest BCUT2D eigenvalue weighted by Gasteiger charge is -2.06. The number of hydrogen-bond acceptors (Lipinski definition) is 2. The van der Waals surface area contributed by atoms with Crippen molar-refractivity contribution >= 4 is 16.7 Å². The number of carbonyl (C=O) groups excluding carboxylic acids is 1. The Bertz CT molecular complexity index is 608. The first-order valence-corrected chi connectivity index (χ1v) is 8.38. The fourth-order valence-corrected chi connectivity index (χ4v) is 2.96. The van der Waals surface area contributed by atoms with E-state index in [1.54, 1.807) is 12.1 Å². The van der Waals surface area contributed by atoms with Crippen molar-refractivity contribution in [1.29, 1.82) is 0 Å². The summed E-state index contributed by atoms with van der Waals surface area (Å²) in [5.41, 5.74) is 2.81. The summed E-state index contributed by atoms with van der Waals surface area (Å²) in [6.07, 6.45) is 0. The Labute approximate surface area is 127 Å². The molecule has 0 radical (unpaired) electrons. The Morgan fingerprint density at radius 2 is 1.71 bits per heavy atom. The summed E-state index contributed by atoms with van der Waals surface area (Å²) in [6, 6.07) is 17.1. The van der Waals surface area contributed by atoms with Gasteiger partial charge in [-0.05, 0) is 24.6 Å². The fraction of sp³-hybridized carbons (Fsp3) is 0.235. The summed E-state index contributed by atoms with van der Waals surface area (Å²) in [6.45, 7) is 2.40. The maximum Gasteiger partial charge on any atom is 0.251 e. The zero-order valence-electron chi connectivity index (χ0n) is 12.0. The second kappa shape index (κ2) is 7.74. The molecule has 0 unspecified atom stereocenters. The molecule has 1 N–H and O–H groups in total. The van der Waals surface area contributed by atoms with Crippen LogP contribution in [0, 0.1) is 6.92 Å². The van der Waals surface area contributed by atoms with E-state index in [0.29, 0.717) is 23.6 Å². The lowest BCUT2D eigenvalue weighted by atomic mass is 10.1. The molecule has 0 spiro atoms. The van der Waals surface area contributed by atoms with Gasteiger partial charge in [0.15, 0.2) is 0 Å². The Kier molecular flexibility index (Phi) is 5.69. The zero-order valence-corrected chi connectivity index (χ0v) is 12.9. The topological polar surface area (TPSA) is 46.2 Å². The van der Waals surface area contributed by atoms with Gasteiger partial charge in [0, 0.05) is 34.4 Å². The molecular formula is C17H19NO2S. The number of nitrogens with one attached hydrogen (secondary N) is 1. The van der Waals surface area contributed by atoms with E-state index in [9.17, 15) is 9.00 Å². The van der Waals surface area contributed by atoms with Crippen LogP contribution < -0.4 is 5.32 Å². The van der Waals surface area contributed by atoms with Gasteiger partial charge in [-0.2, -0.15) is 0 Å². The van der Waals surface area contributed by atoms with E-state index < -0.39 is 10.8 Å². The van der Waals surface area contributed by atoms with Crippen molar-refractivity contribution < 1.29 is 9.00 Å². The van der Waals surface area contributed by atoms with E-state index >= 15 is 0 Å². The Morgan fingerprint density at radius 3 is 2.38 bits per heavy atom. The molecule has 0 saturated carbocycles. The number of benzene rings is 2. The summed E-state index contributed by atoms with van der Waals surface area (Å²) in [5.74, 6) is 0.875. The molecule has 0 aliphatic heterocycles. The summed E-state index contributed by atoms with van der Waals surface area (Å²) in [4.78, 5) is 11.9. The van der Waals surface area contributed by atoms with Crippen LogP contribution in [0.25, 0.3) is 0 Å². The lowest BCUT2D eigenvalue weighted by molar-refractivity contribution is 0.0956. The van der Waals surface area contributed by atoms with Crippen LogP contribution in [0.5, 0.6) is 0 Å². The van der Waals surface area contributed by atoms with E-state index in [4.69, 9.17) is 0 Å². The largest absolute Gasteiger partial charge is 0.351 e. The van der Waals surface area contributed by atoms with Crippen LogP contribution >= 0.6 is 0 Å². The number of rotatable bonds is 6. The zero-order chi connectivity index (χ0) is 15.1.